The van der Waals surface area contributed by atoms with Gasteiger partial charge in [0.25, 0.3) is 0 Å². The fourth-order valence-corrected chi connectivity index (χ4v) is 3.42. The van der Waals surface area contributed by atoms with Crippen molar-refractivity contribution in [2.45, 2.75) is 39.5 Å². The molecule has 2 rings (SSSR count). The Labute approximate surface area is 125 Å². The Bertz CT molecular complexity index is 583. The number of aliphatic carboxylic acids is 1. The predicted octanol–water partition coefficient (Wildman–Crippen LogP) is 2.07. The van der Waals surface area contributed by atoms with Gasteiger partial charge < -0.3 is 10.0 Å². The fraction of sp³-hybridized carbons (Fsp3) is 0.667. The van der Waals surface area contributed by atoms with Gasteiger partial charge in [0.2, 0.25) is 0 Å². The molecule has 6 nitrogen and oxygen atoms in total. The summed E-state index contributed by atoms with van der Waals surface area (Å²) in [6.45, 7) is 5.04. The summed E-state index contributed by atoms with van der Waals surface area (Å²) in [6, 6.07) is 2.20. The summed E-state index contributed by atoms with van der Waals surface area (Å²) in [6.07, 6.45) is 3.03. The minimum Gasteiger partial charge on any atom is -0.481 e. The minimum atomic E-state index is -0.730. The van der Waals surface area contributed by atoms with Gasteiger partial charge in [-0.05, 0) is 26.2 Å². The van der Waals surface area contributed by atoms with E-state index >= 15 is 0 Å². The SMILES string of the molecule is CCCC1(C(=O)O)CCCN(c2c(C#N)c(C)nn2C)C1. The Kier molecular flexibility index (Phi) is 4.21. The Morgan fingerprint density at radius 1 is 1.57 bits per heavy atom. The molecule has 0 radical (unpaired) electrons. The normalized spacial score (nSPS) is 22.1. The van der Waals surface area contributed by atoms with Gasteiger partial charge in [-0.1, -0.05) is 13.3 Å². The van der Waals surface area contributed by atoms with Crippen molar-refractivity contribution >= 4 is 11.8 Å². The van der Waals surface area contributed by atoms with Crippen molar-refractivity contribution in [3.63, 3.8) is 0 Å². The molecule has 1 aliphatic heterocycles. The van der Waals surface area contributed by atoms with Gasteiger partial charge in [0.15, 0.2) is 0 Å². The minimum absolute atomic E-state index is 0.448. The number of carboxylic acid groups (broad SMARTS) is 1. The summed E-state index contributed by atoms with van der Waals surface area (Å²) >= 11 is 0. The van der Waals surface area contributed by atoms with E-state index in [4.69, 9.17) is 0 Å². The molecule has 1 unspecified atom stereocenters. The van der Waals surface area contributed by atoms with Crippen LogP contribution < -0.4 is 4.90 Å². The molecule has 1 fully saturated rings. The maximum absolute atomic E-state index is 11.8. The molecule has 1 aromatic heterocycles. The van der Waals surface area contributed by atoms with Crippen LogP contribution in [0.1, 0.15) is 43.9 Å². The third-order valence-corrected chi connectivity index (χ3v) is 4.36. The number of anilines is 1. The van der Waals surface area contributed by atoms with E-state index in [1.54, 1.807) is 11.7 Å². The molecule has 1 aliphatic rings. The number of aromatic nitrogens is 2. The number of hydrogen-bond donors (Lipinski definition) is 1. The predicted molar refractivity (Wildman–Crippen MR) is 79.1 cm³/mol. The average molecular weight is 290 g/mol. The molecule has 21 heavy (non-hydrogen) atoms. The van der Waals surface area contributed by atoms with Crippen molar-refractivity contribution in [3.05, 3.63) is 11.3 Å². The molecule has 2 heterocycles. The standard InChI is InChI=1S/C15H22N4O2/c1-4-6-15(14(20)21)7-5-8-19(10-15)13-12(9-16)11(2)17-18(13)3/h4-8,10H2,1-3H3,(H,20,21). The van der Waals surface area contributed by atoms with Crippen LogP contribution in [0.15, 0.2) is 0 Å². The third-order valence-electron chi connectivity index (χ3n) is 4.36. The monoisotopic (exact) mass is 290 g/mol. The first-order chi connectivity index (χ1) is 9.95. The number of piperidine rings is 1. The van der Waals surface area contributed by atoms with E-state index in [0.717, 1.165) is 25.2 Å². The first kappa shape index (κ1) is 15.4. The molecular weight excluding hydrogens is 268 g/mol. The van der Waals surface area contributed by atoms with E-state index in [1.165, 1.54) is 0 Å². The van der Waals surface area contributed by atoms with Crippen LogP contribution in [-0.2, 0) is 11.8 Å². The zero-order valence-corrected chi connectivity index (χ0v) is 12.9. The topological polar surface area (TPSA) is 82.2 Å². The van der Waals surface area contributed by atoms with Gasteiger partial charge in [-0.3, -0.25) is 9.48 Å². The van der Waals surface area contributed by atoms with Crippen molar-refractivity contribution in [2.75, 3.05) is 18.0 Å². The van der Waals surface area contributed by atoms with Crippen molar-refractivity contribution in [3.8, 4) is 6.07 Å². The number of aryl methyl sites for hydroxylation is 2. The van der Waals surface area contributed by atoms with E-state index in [0.29, 0.717) is 30.6 Å². The van der Waals surface area contributed by atoms with Crippen LogP contribution in [0.25, 0.3) is 0 Å². The fourth-order valence-electron chi connectivity index (χ4n) is 3.42. The summed E-state index contributed by atoms with van der Waals surface area (Å²) < 4.78 is 1.69. The van der Waals surface area contributed by atoms with Crippen LogP contribution in [0, 0.1) is 23.7 Å². The molecule has 0 aromatic carbocycles. The molecule has 0 amide bonds. The third kappa shape index (κ3) is 2.60. The molecule has 114 valence electrons. The lowest BCUT2D eigenvalue weighted by molar-refractivity contribution is -0.150. The molecule has 1 saturated heterocycles. The molecular formula is C15H22N4O2. The number of nitriles is 1. The average Bonchev–Trinajstić information content (AvgIpc) is 2.73. The second-order valence-electron chi connectivity index (χ2n) is 5.88. The number of nitrogens with zero attached hydrogens (tertiary/aromatic N) is 4. The second kappa shape index (κ2) is 5.76. The summed E-state index contributed by atoms with van der Waals surface area (Å²) in [4.78, 5) is 13.8. The highest BCUT2D eigenvalue weighted by Gasteiger charge is 2.42. The van der Waals surface area contributed by atoms with Crippen molar-refractivity contribution in [2.24, 2.45) is 12.5 Å². The lowest BCUT2D eigenvalue weighted by Gasteiger charge is -2.40. The molecule has 1 N–H and O–H groups in total. The van der Waals surface area contributed by atoms with Crippen LogP contribution >= 0.6 is 0 Å². The first-order valence-electron chi connectivity index (χ1n) is 7.37. The van der Waals surface area contributed by atoms with E-state index in [2.05, 4.69) is 11.2 Å². The second-order valence-corrected chi connectivity index (χ2v) is 5.88. The van der Waals surface area contributed by atoms with Crippen LogP contribution in [0.4, 0.5) is 5.82 Å². The summed E-state index contributed by atoms with van der Waals surface area (Å²) in [5, 5.41) is 23.3. The van der Waals surface area contributed by atoms with E-state index < -0.39 is 11.4 Å². The first-order valence-corrected chi connectivity index (χ1v) is 7.37. The van der Waals surface area contributed by atoms with Gasteiger partial charge in [0, 0.05) is 20.1 Å². The van der Waals surface area contributed by atoms with Crippen LogP contribution in [0.2, 0.25) is 0 Å². The van der Waals surface area contributed by atoms with Crippen molar-refractivity contribution < 1.29 is 9.90 Å². The molecule has 0 aliphatic carbocycles. The number of rotatable bonds is 4. The van der Waals surface area contributed by atoms with Gasteiger partial charge in [-0.2, -0.15) is 10.4 Å². The van der Waals surface area contributed by atoms with Crippen LogP contribution in [0.3, 0.4) is 0 Å². The Balaban J connectivity index is 2.38. The molecule has 1 atom stereocenters. The Hall–Kier alpha value is -2.03. The zero-order chi connectivity index (χ0) is 15.6. The van der Waals surface area contributed by atoms with Crippen molar-refractivity contribution in [1.29, 1.82) is 5.26 Å². The highest BCUT2D eigenvalue weighted by Crippen LogP contribution is 2.38. The smallest absolute Gasteiger partial charge is 0.311 e. The highest BCUT2D eigenvalue weighted by atomic mass is 16.4. The van der Waals surface area contributed by atoms with Gasteiger partial charge in [0.05, 0.1) is 11.1 Å². The molecule has 1 aromatic rings. The number of carbonyl (C=O) groups is 1. The molecule has 0 spiro atoms. The summed E-state index contributed by atoms with van der Waals surface area (Å²) in [5.74, 6) is 0.0166. The van der Waals surface area contributed by atoms with Crippen LogP contribution in [-0.4, -0.2) is 33.9 Å². The van der Waals surface area contributed by atoms with E-state index in [1.807, 2.05) is 18.7 Å². The maximum Gasteiger partial charge on any atom is 0.311 e. The lowest BCUT2D eigenvalue weighted by Crippen LogP contribution is -2.48. The van der Waals surface area contributed by atoms with Gasteiger partial charge in [-0.15, -0.1) is 0 Å². The lowest BCUT2D eigenvalue weighted by atomic mass is 9.76. The summed E-state index contributed by atoms with van der Waals surface area (Å²) in [7, 11) is 1.81. The highest BCUT2D eigenvalue weighted by molar-refractivity contribution is 5.76. The van der Waals surface area contributed by atoms with E-state index in [9.17, 15) is 15.2 Å². The Morgan fingerprint density at radius 2 is 2.29 bits per heavy atom. The maximum atomic E-state index is 11.8. The molecule has 0 bridgehead atoms. The van der Waals surface area contributed by atoms with Crippen LogP contribution in [0.5, 0.6) is 0 Å². The number of hydrogen-bond acceptors (Lipinski definition) is 4. The Morgan fingerprint density at radius 3 is 2.86 bits per heavy atom. The quantitative estimate of drug-likeness (QED) is 0.918. The summed E-state index contributed by atoms with van der Waals surface area (Å²) in [5.41, 5.74) is 0.532. The molecule has 6 heteroatoms. The van der Waals surface area contributed by atoms with Gasteiger partial charge in [-0.25, -0.2) is 0 Å². The zero-order valence-electron chi connectivity index (χ0n) is 12.9. The van der Waals surface area contributed by atoms with E-state index in [-0.39, 0.29) is 0 Å². The number of carboxylic acids is 1. The van der Waals surface area contributed by atoms with Crippen molar-refractivity contribution in [1.82, 2.24) is 9.78 Å². The van der Waals surface area contributed by atoms with Gasteiger partial charge >= 0.3 is 5.97 Å². The van der Waals surface area contributed by atoms with Gasteiger partial charge in [0.1, 0.15) is 17.5 Å². The largest absolute Gasteiger partial charge is 0.481 e. The molecule has 0 saturated carbocycles.